The lowest BCUT2D eigenvalue weighted by Gasteiger charge is -2.13. The van der Waals surface area contributed by atoms with Gasteiger partial charge in [-0.1, -0.05) is 34.8 Å². The quantitative estimate of drug-likeness (QED) is 0.180. The minimum atomic E-state index is -1.10. The van der Waals surface area contributed by atoms with Crippen LogP contribution in [-0.2, 0) is 11.2 Å². The molecule has 11 nitrogen and oxygen atoms in total. The van der Waals surface area contributed by atoms with Crippen LogP contribution >= 0.6 is 46.1 Å². The van der Waals surface area contributed by atoms with Gasteiger partial charge < -0.3 is 16.2 Å². The summed E-state index contributed by atoms with van der Waals surface area (Å²) in [4.78, 5) is 46.8. The van der Waals surface area contributed by atoms with Gasteiger partial charge in [0.25, 0.3) is 11.8 Å². The molecule has 0 radical (unpaired) electrons. The summed E-state index contributed by atoms with van der Waals surface area (Å²) < 4.78 is 5.64. The number of ketones is 1. The predicted molar refractivity (Wildman–Crippen MR) is 136 cm³/mol. The van der Waals surface area contributed by atoms with Crippen molar-refractivity contribution in [2.24, 2.45) is 0 Å². The summed E-state index contributed by atoms with van der Waals surface area (Å²) in [6.07, 6.45) is -1.05. The number of benzene rings is 1. The number of amides is 2. The first-order chi connectivity index (χ1) is 17.0. The third kappa shape index (κ3) is 4.93. The normalized spacial score (nSPS) is 14.1. The molecule has 0 saturated heterocycles. The van der Waals surface area contributed by atoms with Gasteiger partial charge in [0.05, 0.1) is 9.90 Å². The van der Waals surface area contributed by atoms with Crippen molar-refractivity contribution in [1.29, 1.82) is 5.41 Å². The first kappa shape index (κ1) is 25.6. The number of nitrogen functional groups attached to an aromatic ring is 2. The van der Waals surface area contributed by atoms with Crippen molar-refractivity contribution < 1.29 is 19.1 Å². The zero-order valence-electron chi connectivity index (χ0n) is 18.2. The van der Waals surface area contributed by atoms with Crippen LogP contribution in [0.5, 0.6) is 5.75 Å². The van der Waals surface area contributed by atoms with E-state index in [4.69, 9.17) is 56.4 Å². The highest BCUT2D eigenvalue weighted by Crippen LogP contribution is 2.43. The van der Waals surface area contributed by atoms with E-state index in [9.17, 15) is 14.4 Å². The molecule has 0 bridgehead atoms. The Labute approximate surface area is 222 Å². The lowest BCUT2D eigenvalue weighted by atomic mass is 10.0. The summed E-state index contributed by atoms with van der Waals surface area (Å²) in [6.45, 7) is 1.88. The van der Waals surface area contributed by atoms with Gasteiger partial charge in [-0.05, 0) is 25.1 Å². The van der Waals surface area contributed by atoms with E-state index in [0.29, 0.717) is 10.4 Å². The molecule has 0 fully saturated rings. The number of guanidine groups is 1. The third-order valence-corrected chi connectivity index (χ3v) is 7.14. The number of rotatable bonds is 4. The molecule has 1 aromatic carbocycles. The molecule has 7 N–H and O–H groups in total. The molecule has 186 valence electrons. The van der Waals surface area contributed by atoms with Crippen molar-refractivity contribution >= 4 is 81.3 Å². The minimum Gasteiger partial charge on any atom is -0.478 e. The SMILES string of the molecule is Cc1ccc(C(=O)c2cc3c(c(Cl)c2Cl)OC(C(=O)NC(=N)NC(=O)c2nc(Cl)c(N)nc2N)C3)s1. The Hall–Kier alpha value is -3.45. The van der Waals surface area contributed by atoms with Crippen molar-refractivity contribution in [2.45, 2.75) is 19.4 Å². The van der Waals surface area contributed by atoms with Gasteiger partial charge in [-0.25, -0.2) is 9.97 Å². The maximum atomic E-state index is 12.9. The van der Waals surface area contributed by atoms with Crippen LogP contribution in [0.15, 0.2) is 18.2 Å². The molecule has 3 aromatic rings. The first-order valence-corrected chi connectivity index (χ1v) is 12.0. The Balaban J connectivity index is 1.45. The molecule has 1 aliphatic rings. The smallest absolute Gasteiger partial charge is 0.280 e. The standard InChI is InChI=1S/C21H16Cl3N7O4S/c1-6-2-3-10(36-6)14(32)8-4-7-5-9(35-15(7)12(23)11(8)22)19(33)30-21(27)31-20(34)13-17(25)29-18(26)16(24)28-13/h2-4,9H,5H2,1H3,(H4,25,26,29)(H3,27,30,31,33,34). The van der Waals surface area contributed by atoms with Crippen LogP contribution in [0.3, 0.4) is 0 Å². The van der Waals surface area contributed by atoms with E-state index in [1.165, 1.54) is 17.4 Å². The molecular formula is C21H16Cl3N7O4S. The molecule has 0 aliphatic carbocycles. The van der Waals surface area contributed by atoms with Crippen molar-refractivity contribution in [3.63, 3.8) is 0 Å². The highest BCUT2D eigenvalue weighted by atomic mass is 35.5. The average Bonchev–Trinajstić information content (AvgIpc) is 3.44. The first-order valence-electron chi connectivity index (χ1n) is 10.0. The van der Waals surface area contributed by atoms with Gasteiger partial charge in [-0.3, -0.25) is 30.4 Å². The molecule has 0 saturated carbocycles. The number of nitrogens with one attached hydrogen (secondary N) is 3. The van der Waals surface area contributed by atoms with Gasteiger partial charge in [0.1, 0.15) is 10.8 Å². The Morgan fingerprint density at radius 3 is 2.50 bits per heavy atom. The molecule has 15 heteroatoms. The van der Waals surface area contributed by atoms with Crippen LogP contribution in [-0.4, -0.2) is 39.6 Å². The molecule has 1 atom stereocenters. The summed E-state index contributed by atoms with van der Waals surface area (Å²) in [7, 11) is 0. The lowest BCUT2D eigenvalue weighted by Crippen LogP contribution is -2.48. The van der Waals surface area contributed by atoms with Gasteiger partial charge in [0.2, 0.25) is 11.7 Å². The van der Waals surface area contributed by atoms with E-state index in [2.05, 4.69) is 20.6 Å². The molecule has 1 aliphatic heterocycles. The molecule has 3 heterocycles. The van der Waals surface area contributed by atoms with E-state index >= 15 is 0 Å². The topological polar surface area (TPSA) is 186 Å². The maximum absolute atomic E-state index is 12.9. The second-order valence-corrected chi connectivity index (χ2v) is 9.94. The number of hydrogen-bond acceptors (Lipinski definition) is 10. The summed E-state index contributed by atoms with van der Waals surface area (Å²) in [5.74, 6) is -2.98. The number of aryl methyl sites for hydroxylation is 1. The fraction of sp³-hybridized carbons (Fsp3) is 0.143. The number of ether oxygens (including phenoxy) is 1. The van der Waals surface area contributed by atoms with E-state index < -0.39 is 23.9 Å². The minimum absolute atomic E-state index is 0.00115. The Bertz CT molecular complexity index is 1460. The summed E-state index contributed by atoms with van der Waals surface area (Å²) in [6, 6.07) is 5.05. The van der Waals surface area contributed by atoms with Gasteiger partial charge in [0.15, 0.2) is 28.6 Å². The van der Waals surface area contributed by atoms with E-state index in [-0.39, 0.29) is 56.0 Å². The monoisotopic (exact) mass is 567 g/mol. The lowest BCUT2D eigenvalue weighted by molar-refractivity contribution is -0.125. The Morgan fingerprint density at radius 2 is 1.83 bits per heavy atom. The van der Waals surface area contributed by atoms with Gasteiger partial charge in [0, 0.05) is 22.4 Å². The van der Waals surface area contributed by atoms with Crippen LogP contribution in [0.2, 0.25) is 15.2 Å². The number of carbonyl (C=O) groups is 3. The van der Waals surface area contributed by atoms with Crippen molar-refractivity contribution in [3.8, 4) is 5.75 Å². The van der Waals surface area contributed by atoms with E-state index in [1.54, 1.807) is 6.07 Å². The number of thiophene rings is 1. The average molecular weight is 569 g/mol. The number of carbonyl (C=O) groups excluding carboxylic acids is 3. The third-order valence-electron chi connectivity index (χ3n) is 5.01. The predicted octanol–water partition coefficient (Wildman–Crippen LogP) is 2.99. The van der Waals surface area contributed by atoms with Crippen LogP contribution < -0.4 is 26.8 Å². The Morgan fingerprint density at radius 1 is 1.11 bits per heavy atom. The van der Waals surface area contributed by atoms with Gasteiger partial charge in [-0.2, -0.15) is 0 Å². The molecule has 4 rings (SSSR count). The van der Waals surface area contributed by atoms with Crippen molar-refractivity contribution in [1.82, 2.24) is 20.6 Å². The van der Waals surface area contributed by atoms with Crippen molar-refractivity contribution in [3.05, 3.63) is 60.0 Å². The molecule has 36 heavy (non-hydrogen) atoms. The van der Waals surface area contributed by atoms with Gasteiger partial charge in [-0.15, -0.1) is 11.3 Å². The van der Waals surface area contributed by atoms with Crippen LogP contribution in [0.4, 0.5) is 11.6 Å². The number of hydrogen-bond donors (Lipinski definition) is 5. The number of nitrogens with two attached hydrogens (primary N) is 2. The summed E-state index contributed by atoms with van der Waals surface area (Å²) in [5.41, 5.74) is 11.4. The number of fused-ring (bicyclic) bond motifs is 1. The molecule has 0 spiro atoms. The van der Waals surface area contributed by atoms with Crippen LogP contribution in [0, 0.1) is 12.3 Å². The number of halogens is 3. The number of nitrogens with zero attached hydrogens (tertiary/aromatic N) is 2. The highest BCUT2D eigenvalue weighted by molar-refractivity contribution is 7.14. The molecule has 1 unspecified atom stereocenters. The second-order valence-electron chi connectivity index (χ2n) is 7.54. The second kappa shape index (κ2) is 9.90. The zero-order chi connectivity index (χ0) is 26.3. The highest BCUT2D eigenvalue weighted by Gasteiger charge is 2.34. The fourth-order valence-corrected chi connectivity index (χ4v) is 4.78. The van der Waals surface area contributed by atoms with E-state index in [0.717, 1.165) is 4.88 Å². The molecular weight excluding hydrogens is 553 g/mol. The zero-order valence-corrected chi connectivity index (χ0v) is 21.3. The number of anilines is 2. The Kier molecular flexibility index (Phi) is 7.05. The van der Waals surface area contributed by atoms with Crippen LogP contribution in [0.25, 0.3) is 0 Å². The van der Waals surface area contributed by atoms with Crippen molar-refractivity contribution in [2.75, 3.05) is 11.5 Å². The fourth-order valence-electron chi connectivity index (χ4n) is 3.34. The summed E-state index contributed by atoms with van der Waals surface area (Å²) in [5, 5.41) is 12.0. The van der Waals surface area contributed by atoms with E-state index in [1.807, 2.05) is 13.0 Å². The van der Waals surface area contributed by atoms with Gasteiger partial charge >= 0.3 is 0 Å². The van der Waals surface area contributed by atoms with Crippen LogP contribution in [0.1, 0.15) is 36.2 Å². The number of aromatic nitrogens is 2. The largest absolute Gasteiger partial charge is 0.478 e. The molecule has 2 aromatic heterocycles. The maximum Gasteiger partial charge on any atom is 0.280 e. The molecule has 2 amide bonds. The summed E-state index contributed by atoms with van der Waals surface area (Å²) >= 11 is 19.8.